The molecule has 18 heavy (non-hydrogen) atoms. The summed E-state index contributed by atoms with van der Waals surface area (Å²) in [5.74, 6) is -1.35. The number of nitro groups is 1. The molecule has 0 bridgehead atoms. The highest BCUT2D eigenvalue weighted by atomic mass is 16.6. The summed E-state index contributed by atoms with van der Waals surface area (Å²) in [6.07, 6.45) is -1.25. The highest BCUT2D eigenvalue weighted by Crippen LogP contribution is 2.25. The van der Waals surface area contributed by atoms with Gasteiger partial charge in [0.1, 0.15) is 0 Å². The lowest BCUT2D eigenvalue weighted by molar-refractivity contribution is -0.384. The molecule has 2 unspecified atom stereocenters. The topological polar surface area (TPSA) is 127 Å². The van der Waals surface area contributed by atoms with Crippen LogP contribution < -0.4 is 5.73 Å². The van der Waals surface area contributed by atoms with Crippen LogP contribution in [0.25, 0.3) is 0 Å². The van der Waals surface area contributed by atoms with Crippen molar-refractivity contribution < 1.29 is 19.9 Å². The highest BCUT2D eigenvalue weighted by molar-refractivity contribution is 5.74. The molecule has 0 fully saturated rings. The summed E-state index contributed by atoms with van der Waals surface area (Å²) >= 11 is 0. The number of carbonyl (C=O) groups is 1. The Morgan fingerprint density at radius 1 is 1.39 bits per heavy atom. The number of amides is 1. The lowest BCUT2D eigenvalue weighted by Crippen LogP contribution is -2.24. The highest BCUT2D eigenvalue weighted by Gasteiger charge is 2.22. The number of aliphatic hydroxyl groups excluding tert-OH is 2. The van der Waals surface area contributed by atoms with E-state index >= 15 is 0 Å². The van der Waals surface area contributed by atoms with E-state index in [1.54, 1.807) is 0 Å². The number of benzene rings is 1. The summed E-state index contributed by atoms with van der Waals surface area (Å²) in [6, 6.07) is 5.26. The van der Waals surface area contributed by atoms with E-state index in [2.05, 4.69) is 0 Å². The SMILES string of the molecule is NC(=O)CC(CO)C(O)c1ccc([N+](=O)[O-])cc1. The minimum Gasteiger partial charge on any atom is -0.396 e. The summed E-state index contributed by atoms with van der Waals surface area (Å²) in [5.41, 5.74) is 5.29. The number of nitrogens with zero attached hydrogens (tertiary/aromatic N) is 1. The van der Waals surface area contributed by atoms with Gasteiger partial charge >= 0.3 is 0 Å². The molecule has 0 saturated carbocycles. The maximum absolute atomic E-state index is 10.8. The number of rotatable bonds is 6. The third-order valence-electron chi connectivity index (χ3n) is 2.59. The van der Waals surface area contributed by atoms with Crippen LogP contribution in [0.3, 0.4) is 0 Å². The van der Waals surface area contributed by atoms with Gasteiger partial charge in [0.05, 0.1) is 11.0 Å². The van der Waals surface area contributed by atoms with Crippen LogP contribution in [0.5, 0.6) is 0 Å². The summed E-state index contributed by atoms with van der Waals surface area (Å²) < 4.78 is 0. The molecular weight excluding hydrogens is 240 g/mol. The van der Waals surface area contributed by atoms with Crippen LogP contribution in [0.4, 0.5) is 5.69 Å². The van der Waals surface area contributed by atoms with Crippen molar-refractivity contribution in [3.05, 3.63) is 39.9 Å². The number of primary amides is 1. The van der Waals surface area contributed by atoms with Crippen LogP contribution in [-0.2, 0) is 4.79 Å². The predicted octanol–water partition coefficient (Wildman–Crippen LogP) is 0.112. The number of aliphatic hydroxyl groups is 2. The molecular formula is C11H14N2O5. The molecule has 0 aliphatic heterocycles. The molecule has 0 heterocycles. The molecule has 1 aromatic rings. The molecule has 2 atom stereocenters. The Morgan fingerprint density at radius 3 is 2.33 bits per heavy atom. The second kappa shape index (κ2) is 6.08. The molecule has 1 rings (SSSR count). The summed E-state index contributed by atoms with van der Waals surface area (Å²) in [5, 5.41) is 29.5. The average Bonchev–Trinajstić information content (AvgIpc) is 2.35. The number of non-ortho nitro benzene ring substituents is 1. The van der Waals surface area contributed by atoms with Gasteiger partial charge < -0.3 is 15.9 Å². The zero-order valence-electron chi connectivity index (χ0n) is 9.52. The molecule has 0 aliphatic carbocycles. The zero-order valence-corrected chi connectivity index (χ0v) is 9.52. The number of nitro benzene ring substituents is 1. The average molecular weight is 254 g/mol. The van der Waals surface area contributed by atoms with Gasteiger partial charge in [0.15, 0.2) is 0 Å². The van der Waals surface area contributed by atoms with Crippen LogP contribution in [-0.4, -0.2) is 27.7 Å². The summed E-state index contributed by atoms with van der Waals surface area (Å²) in [4.78, 5) is 20.7. The van der Waals surface area contributed by atoms with Gasteiger partial charge in [-0.25, -0.2) is 0 Å². The van der Waals surface area contributed by atoms with Crippen molar-refractivity contribution >= 4 is 11.6 Å². The Kier molecular flexibility index (Phi) is 4.75. The molecule has 98 valence electrons. The number of nitrogens with two attached hydrogens (primary N) is 1. The zero-order chi connectivity index (χ0) is 13.7. The van der Waals surface area contributed by atoms with Crippen LogP contribution in [0.15, 0.2) is 24.3 Å². The Balaban J connectivity index is 2.84. The van der Waals surface area contributed by atoms with Gasteiger partial charge in [-0.05, 0) is 17.7 Å². The molecule has 0 spiro atoms. The molecule has 0 radical (unpaired) electrons. The van der Waals surface area contributed by atoms with Crippen molar-refractivity contribution in [3.8, 4) is 0 Å². The first-order valence-corrected chi connectivity index (χ1v) is 5.27. The van der Waals surface area contributed by atoms with Crippen LogP contribution in [0, 0.1) is 16.0 Å². The minimum absolute atomic E-state index is 0.0959. The lowest BCUT2D eigenvalue weighted by Gasteiger charge is -2.19. The maximum Gasteiger partial charge on any atom is 0.269 e. The number of carbonyl (C=O) groups excluding carboxylic acids is 1. The van der Waals surface area contributed by atoms with E-state index in [-0.39, 0.29) is 12.1 Å². The van der Waals surface area contributed by atoms with Crippen molar-refractivity contribution in [2.75, 3.05) is 6.61 Å². The fraction of sp³-hybridized carbons (Fsp3) is 0.364. The molecule has 0 aromatic heterocycles. The second-order valence-electron chi connectivity index (χ2n) is 3.91. The number of hydrogen-bond acceptors (Lipinski definition) is 5. The van der Waals surface area contributed by atoms with Crippen molar-refractivity contribution in [2.24, 2.45) is 11.7 Å². The first kappa shape index (κ1) is 14.1. The van der Waals surface area contributed by atoms with E-state index in [0.29, 0.717) is 5.56 Å². The van der Waals surface area contributed by atoms with E-state index in [9.17, 15) is 20.0 Å². The first-order valence-electron chi connectivity index (χ1n) is 5.27. The fourth-order valence-electron chi connectivity index (χ4n) is 1.60. The lowest BCUT2D eigenvalue weighted by atomic mass is 9.93. The second-order valence-corrected chi connectivity index (χ2v) is 3.91. The van der Waals surface area contributed by atoms with Gasteiger partial charge in [-0.1, -0.05) is 0 Å². The molecule has 1 aromatic carbocycles. The van der Waals surface area contributed by atoms with Gasteiger partial charge in [0, 0.05) is 31.1 Å². The standard InChI is InChI=1S/C11H14N2O5/c12-10(15)5-8(6-14)11(16)7-1-3-9(4-2-7)13(17)18/h1-4,8,11,14,16H,5-6H2,(H2,12,15). The van der Waals surface area contributed by atoms with Crippen molar-refractivity contribution in [1.82, 2.24) is 0 Å². The molecule has 1 amide bonds. The molecule has 7 heteroatoms. The van der Waals surface area contributed by atoms with Crippen LogP contribution >= 0.6 is 0 Å². The largest absolute Gasteiger partial charge is 0.396 e. The van der Waals surface area contributed by atoms with E-state index in [1.807, 2.05) is 0 Å². The van der Waals surface area contributed by atoms with Crippen molar-refractivity contribution in [1.29, 1.82) is 0 Å². The fourth-order valence-corrected chi connectivity index (χ4v) is 1.60. The third-order valence-corrected chi connectivity index (χ3v) is 2.59. The quantitative estimate of drug-likeness (QED) is 0.490. The van der Waals surface area contributed by atoms with Crippen molar-refractivity contribution in [3.63, 3.8) is 0 Å². The van der Waals surface area contributed by atoms with E-state index in [0.717, 1.165) is 0 Å². The summed E-state index contributed by atoms with van der Waals surface area (Å²) in [6.45, 7) is -0.402. The van der Waals surface area contributed by atoms with Gasteiger partial charge in [0.2, 0.25) is 5.91 Å². The van der Waals surface area contributed by atoms with Crippen LogP contribution in [0.1, 0.15) is 18.1 Å². The Labute approximate surface area is 103 Å². The predicted molar refractivity (Wildman–Crippen MR) is 62.4 cm³/mol. The van der Waals surface area contributed by atoms with E-state index < -0.39 is 29.5 Å². The maximum atomic E-state index is 10.8. The molecule has 4 N–H and O–H groups in total. The van der Waals surface area contributed by atoms with Gasteiger partial charge in [0.25, 0.3) is 5.69 Å². The van der Waals surface area contributed by atoms with Crippen molar-refractivity contribution in [2.45, 2.75) is 12.5 Å². The van der Waals surface area contributed by atoms with Gasteiger partial charge in [-0.2, -0.15) is 0 Å². The van der Waals surface area contributed by atoms with Gasteiger partial charge in [-0.15, -0.1) is 0 Å². The normalized spacial score (nSPS) is 13.9. The van der Waals surface area contributed by atoms with E-state index in [4.69, 9.17) is 10.8 Å². The Bertz CT molecular complexity index is 432. The first-order chi connectivity index (χ1) is 8.45. The minimum atomic E-state index is -1.09. The third kappa shape index (κ3) is 3.51. The molecule has 7 nitrogen and oxygen atoms in total. The smallest absolute Gasteiger partial charge is 0.269 e. The van der Waals surface area contributed by atoms with Crippen LogP contribution in [0.2, 0.25) is 0 Å². The molecule has 0 aliphatic rings. The van der Waals surface area contributed by atoms with Gasteiger partial charge in [-0.3, -0.25) is 14.9 Å². The Hall–Kier alpha value is -1.99. The monoisotopic (exact) mass is 254 g/mol. The number of hydrogen-bond donors (Lipinski definition) is 3. The Morgan fingerprint density at radius 2 is 1.94 bits per heavy atom. The van der Waals surface area contributed by atoms with E-state index in [1.165, 1.54) is 24.3 Å². The molecule has 0 saturated heterocycles. The summed E-state index contributed by atoms with van der Waals surface area (Å²) in [7, 11) is 0.